The van der Waals surface area contributed by atoms with Gasteiger partial charge in [-0.3, -0.25) is 4.79 Å². The van der Waals surface area contributed by atoms with Gasteiger partial charge in [-0.2, -0.15) is 0 Å². The summed E-state index contributed by atoms with van der Waals surface area (Å²) in [5, 5.41) is 7.72. The van der Waals surface area contributed by atoms with E-state index in [2.05, 4.69) is 0 Å². The highest BCUT2D eigenvalue weighted by molar-refractivity contribution is 6.63. The Kier molecular flexibility index (Phi) is 11.2. The molecular weight excluding hydrogens is 186 g/mol. The van der Waals surface area contributed by atoms with E-state index in [4.69, 9.17) is 39.9 Å². The molecule has 0 saturated heterocycles. The van der Waals surface area contributed by atoms with Crippen LogP contribution >= 0.6 is 34.8 Å². The molecular formula is C4H7Cl3O2. The molecule has 0 unspecified atom stereocenters. The van der Waals surface area contributed by atoms with Crippen LogP contribution in [0.3, 0.4) is 0 Å². The van der Waals surface area contributed by atoms with Crippen molar-refractivity contribution >= 4 is 40.8 Å². The fraction of sp³-hybridized carbons (Fsp3) is 0.750. The molecule has 0 amide bonds. The van der Waals surface area contributed by atoms with Crippen molar-refractivity contribution in [1.29, 1.82) is 0 Å². The van der Waals surface area contributed by atoms with E-state index in [-0.39, 0.29) is 6.42 Å². The normalized spacial score (nSPS) is 8.11. The highest BCUT2D eigenvalue weighted by atomic mass is 35.6. The van der Waals surface area contributed by atoms with Crippen LogP contribution in [-0.2, 0) is 4.79 Å². The zero-order valence-corrected chi connectivity index (χ0v) is 7.04. The quantitative estimate of drug-likeness (QED) is 0.650. The van der Waals surface area contributed by atoms with Crippen LogP contribution < -0.4 is 0 Å². The van der Waals surface area contributed by atoms with E-state index in [9.17, 15) is 4.79 Å². The monoisotopic (exact) mass is 192 g/mol. The molecule has 0 saturated carbocycles. The minimum atomic E-state index is -0.750. The molecule has 0 fully saturated rings. The molecule has 0 heterocycles. The van der Waals surface area contributed by atoms with Gasteiger partial charge in [0.05, 0.1) is 0 Å². The number of halogens is 3. The number of carboxylic acid groups (broad SMARTS) is 1. The Morgan fingerprint density at radius 3 is 1.67 bits per heavy atom. The van der Waals surface area contributed by atoms with Crippen LogP contribution in [0.4, 0.5) is 0 Å². The first-order chi connectivity index (χ1) is 4.00. The van der Waals surface area contributed by atoms with E-state index in [1.165, 1.54) is 0 Å². The van der Waals surface area contributed by atoms with E-state index >= 15 is 0 Å². The Morgan fingerprint density at radius 1 is 1.56 bits per heavy atom. The van der Waals surface area contributed by atoms with Crippen molar-refractivity contribution in [3.8, 4) is 0 Å². The minimum absolute atomic E-state index is 0.222. The second-order valence-electron chi connectivity index (χ2n) is 0.995. The number of carboxylic acids is 1. The van der Waals surface area contributed by atoms with E-state index in [1.807, 2.05) is 0 Å². The molecule has 0 spiro atoms. The van der Waals surface area contributed by atoms with Gasteiger partial charge in [-0.25, -0.2) is 0 Å². The predicted octanol–water partition coefficient (Wildman–Crippen LogP) is 2.47. The van der Waals surface area contributed by atoms with Crippen LogP contribution in [0.1, 0.15) is 13.3 Å². The van der Waals surface area contributed by atoms with Crippen LogP contribution in [0.2, 0.25) is 0 Å². The molecule has 56 valence electrons. The third kappa shape index (κ3) is 61.2. The highest BCUT2D eigenvalue weighted by Crippen LogP contribution is 2.03. The Hall–Kier alpha value is 0.340. The van der Waals surface area contributed by atoms with Gasteiger partial charge in [-0.15, -0.1) is 0 Å². The first-order valence-corrected chi connectivity index (χ1v) is 3.45. The molecule has 0 aliphatic rings. The largest absolute Gasteiger partial charge is 0.481 e. The molecule has 0 aromatic heterocycles. The van der Waals surface area contributed by atoms with Gasteiger partial charge >= 0.3 is 5.97 Å². The van der Waals surface area contributed by atoms with Crippen molar-refractivity contribution in [1.82, 2.24) is 0 Å². The van der Waals surface area contributed by atoms with E-state index in [1.54, 1.807) is 6.92 Å². The average molecular weight is 193 g/mol. The van der Waals surface area contributed by atoms with Gasteiger partial charge in [0.2, 0.25) is 0 Å². The van der Waals surface area contributed by atoms with Crippen LogP contribution in [0.25, 0.3) is 0 Å². The maximum absolute atomic E-state index is 9.37. The van der Waals surface area contributed by atoms with Gasteiger partial charge in [0.1, 0.15) is 0 Å². The van der Waals surface area contributed by atoms with Crippen LogP contribution in [0.5, 0.6) is 0 Å². The van der Waals surface area contributed by atoms with E-state index in [0.717, 1.165) is 0 Å². The summed E-state index contributed by atoms with van der Waals surface area (Å²) < 4.78 is -0.750. The van der Waals surface area contributed by atoms with E-state index in [0.29, 0.717) is 0 Å². The van der Waals surface area contributed by atoms with Crippen molar-refractivity contribution < 1.29 is 9.90 Å². The molecule has 0 aliphatic carbocycles. The lowest BCUT2D eigenvalue weighted by Gasteiger charge is -1.71. The Labute approximate surface area is 68.7 Å². The fourth-order valence-electron chi connectivity index (χ4n) is 0. The highest BCUT2D eigenvalue weighted by Gasteiger charge is 1.80. The average Bonchev–Trinajstić information content (AvgIpc) is 1.65. The summed E-state index contributed by atoms with van der Waals surface area (Å²) in [6.45, 7) is 1.60. The fourth-order valence-corrected chi connectivity index (χ4v) is 0. The van der Waals surface area contributed by atoms with Crippen molar-refractivity contribution in [2.75, 3.05) is 0 Å². The van der Waals surface area contributed by atoms with Gasteiger partial charge in [-0.1, -0.05) is 41.7 Å². The van der Waals surface area contributed by atoms with Crippen molar-refractivity contribution in [3.05, 3.63) is 0 Å². The van der Waals surface area contributed by atoms with Crippen LogP contribution in [0.15, 0.2) is 0 Å². The first kappa shape index (κ1) is 12.1. The van der Waals surface area contributed by atoms with Crippen molar-refractivity contribution in [3.63, 3.8) is 0 Å². The van der Waals surface area contributed by atoms with E-state index < -0.39 is 10.3 Å². The molecule has 0 rings (SSSR count). The summed E-state index contributed by atoms with van der Waals surface area (Å²) in [6, 6.07) is 0. The summed E-state index contributed by atoms with van der Waals surface area (Å²) >= 11 is 14.4. The lowest BCUT2D eigenvalue weighted by Crippen LogP contribution is -1.86. The summed E-state index contributed by atoms with van der Waals surface area (Å²) in [5.74, 6) is -0.745. The number of hydrogen-bond acceptors (Lipinski definition) is 1. The molecule has 9 heavy (non-hydrogen) atoms. The first-order valence-electron chi connectivity index (χ1n) is 2.14. The Bertz CT molecular complexity index is 71.5. The molecule has 0 bridgehead atoms. The molecule has 0 radical (unpaired) electrons. The SMILES string of the molecule is CCC(=O)O.ClC(Cl)Cl. The summed E-state index contributed by atoms with van der Waals surface area (Å²) in [4.78, 5) is 9.37. The zero-order valence-electron chi connectivity index (χ0n) is 4.77. The number of aliphatic carboxylic acids is 1. The maximum atomic E-state index is 9.37. The second-order valence-corrected chi connectivity index (χ2v) is 2.97. The van der Waals surface area contributed by atoms with Gasteiger partial charge in [0.15, 0.2) is 4.30 Å². The van der Waals surface area contributed by atoms with Gasteiger partial charge in [0, 0.05) is 6.42 Å². The molecule has 0 aliphatic heterocycles. The molecule has 0 aromatic carbocycles. The van der Waals surface area contributed by atoms with Gasteiger partial charge in [-0.05, 0) is 0 Å². The predicted molar refractivity (Wildman–Crippen MR) is 39.3 cm³/mol. The molecule has 1 N–H and O–H groups in total. The molecule has 0 atom stereocenters. The third-order valence-corrected chi connectivity index (χ3v) is 0.302. The Morgan fingerprint density at radius 2 is 1.67 bits per heavy atom. The van der Waals surface area contributed by atoms with Gasteiger partial charge < -0.3 is 5.11 Å². The summed E-state index contributed by atoms with van der Waals surface area (Å²) in [7, 11) is 0. The molecule has 0 aromatic rings. The van der Waals surface area contributed by atoms with Crippen LogP contribution in [0, 0.1) is 0 Å². The number of rotatable bonds is 1. The molecule has 2 nitrogen and oxygen atoms in total. The second kappa shape index (κ2) is 8.34. The molecule has 5 heteroatoms. The lowest BCUT2D eigenvalue weighted by molar-refractivity contribution is -0.136. The van der Waals surface area contributed by atoms with Crippen molar-refractivity contribution in [2.45, 2.75) is 17.6 Å². The van der Waals surface area contributed by atoms with Crippen LogP contribution in [-0.4, -0.2) is 15.4 Å². The number of hydrogen-bond donors (Lipinski definition) is 1. The summed E-state index contributed by atoms with van der Waals surface area (Å²) in [6.07, 6.45) is 0.222. The van der Waals surface area contributed by atoms with Gasteiger partial charge in [0.25, 0.3) is 0 Å². The number of alkyl halides is 3. The summed E-state index contributed by atoms with van der Waals surface area (Å²) in [5.41, 5.74) is 0. The Balaban J connectivity index is 0. The zero-order chi connectivity index (χ0) is 7.86. The maximum Gasteiger partial charge on any atom is 0.303 e. The standard InChI is InChI=1S/C3H6O2.CHCl3/c1-2-3(4)5;2-1(3)4/h2H2,1H3,(H,4,5);1H. The smallest absolute Gasteiger partial charge is 0.303 e. The third-order valence-electron chi connectivity index (χ3n) is 0.302. The topological polar surface area (TPSA) is 37.3 Å². The lowest BCUT2D eigenvalue weighted by atomic mass is 10.5. The minimum Gasteiger partial charge on any atom is -0.481 e. The number of carbonyl (C=O) groups is 1. The van der Waals surface area contributed by atoms with Crippen molar-refractivity contribution in [2.24, 2.45) is 0 Å².